The lowest BCUT2D eigenvalue weighted by Crippen LogP contribution is -2.50. The smallest absolute Gasteiger partial charge is 0.412 e. The highest BCUT2D eigenvalue weighted by Gasteiger charge is 2.45. The number of carbonyl (C=O) groups is 1. The zero-order valence-corrected chi connectivity index (χ0v) is 15.8. The van der Waals surface area contributed by atoms with E-state index in [1.165, 1.54) is 12.1 Å². The van der Waals surface area contributed by atoms with Gasteiger partial charge in [-0.25, -0.2) is 9.18 Å². The van der Waals surface area contributed by atoms with Gasteiger partial charge in [0.2, 0.25) is 0 Å². The quantitative estimate of drug-likeness (QED) is 0.735. The molecule has 1 heterocycles. The molecule has 1 aliphatic heterocycles. The second-order valence-electron chi connectivity index (χ2n) is 7.35. The molecule has 1 fully saturated rings. The summed E-state index contributed by atoms with van der Waals surface area (Å²) in [5.41, 5.74) is -1.21. The van der Waals surface area contributed by atoms with Crippen LogP contribution in [0.15, 0.2) is 29.2 Å². The van der Waals surface area contributed by atoms with E-state index in [9.17, 15) is 9.18 Å². The van der Waals surface area contributed by atoms with E-state index in [4.69, 9.17) is 9.47 Å². The lowest BCUT2D eigenvalue weighted by Gasteiger charge is -2.35. The monoisotopic (exact) mass is 355 g/mol. The Balaban J connectivity index is 1.95. The van der Waals surface area contributed by atoms with Crippen molar-refractivity contribution in [3.05, 3.63) is 30.1 Å². The van der Waals surface area contributed by atoms with Crippen molar-refractivity contribution in [3.8, 4) is 0 Å². The highest BCUT2D eigenvalue weighted by molar-refractivity contribution is 7.99. The number of rotatable bonds is 4. The molecule has 0 saturated carbocycles. The molecule has 0 aromatic heterocycles. The fourth-order valence-corrected chi connectivity index (χ4v) is 3.57. The SMILES string of the molecule is CC(C)(C)OC(=O)N1C(CCSc2ccc(F)cc2)COC1(C)C. The van der Waals surface area contributed by atoms with Crippen molar-refractivity contribution in [1.29, 1.82) is 0 Å². The van der Waals surface area contributed by atoms with Gasteiger partial charge in [-0.05, 0) is 65.3 Å². The second kappa shape index (κ2) is 7.31. The molecule has 134 valence electrons. The average molecular weight is 355 g/mol. The first kappa shape index (κ1) is 19.1. The Morgan fingerprint density at radius 1 is 1.38 bits per heavy atom. The van der Waals surface area contributed by atoms with Crippen LogP contribution in [0.1, 0.15) is 41.0 Å². The van der Waals surface area contributed by atoms with Crippen LogP contribution in [0.5, 0.6) is 0 Å². The maximum atomic E-state index is 12.9. The largest absolute Gasteiger partial charge is 0.444 e. The van der Waals surface area contributed by atoms with Gasteiger partial charge in [0.25, 0.3) is 0 Å². The highest BCUT2D eigenvalue weighted by atomic mass is 32.2. The van der Waals surface area contributed by atoms with E-state index in [1.54, 1.807) is 28.8 Å². The van der Waals surface area contributed by atoms with Gasteiger partial charge in [0.1, 0.15) is 17.1 Å². The molecule has 0 bridgehead atoms. The summed E-state index contributed by atoms with van der Waals surface area (Å²) < 4.78 is 24.2. The third-order valence-corrected chi connectivity index (χ3v) is 4.74. The van der Waals surface area contributed by atoms with Crippen molar-refractivity contribution < 1.29 is 18.7 Å². The molecule has 1 atom stereocenters. The number of hydrogen-bond donors (Lipinski definition) is 0. The number of hydrogen-bond acceptors (Lipinski definition) is 4. The minimum Gasteiger partial charge on any atom is -0.444 e. The van der Waals surface area contributed by atoms with Crippen molar-refractivity contribution in [1.82, 2.24) is 4.90 Å². The molecule has 1 unspecified atom stereocenters. The summed E-state index contributed by atoms with van der Waals surface area (Å²) in [5, 5.41) is 0. The Bertz CT molecular complexity index is 569. The van der Waals surface area contributed by atoms with E-state index in [0.717, 1.165) is 17.1 Å². The Hall–Kier alpha value is -1.27. The first-order valence-electron chi connectivity index (χ1n) is 8.13. The van der Waals surface area contributed by atoms with Crippen LogP contribution in [0.2, 0.25) is 0 Å². The van der Waals surface area contributed by atoms with E-state index >= 15 is 0 Å². The van der Waals surface area contributed by atoms with Crippen molar-refractivity contribution in [2.45, 2.75) is 63.3 Å². The average Bonchev–Trinajstić information content (AvgIpc) is 2.74. The Morgan fingerprint density at radius 3 is 2.58 bits per heavy atom. The predicted molar refractivity (Wildman–Crippen MR) is 93.6 cm³/mol. The summed E-state index contributed by atoms with van der Waals surface area (Å²) in [7, 11) is 0. The molecule has 1 aromatic rings. The molecule has 2 rings (SSSR count). The number of thioether (sulfide) groups is 1. The first-order chi connectivity index (χ1) is 11.1. The minimum absolute atomic E-state index is 0.0252. The summed E-state index contributed by atoms with van der Waals surface area (Å²) in [5.74, 6) is 0.580. The van der Waals surface area contributed by atoms with Crippen LogP contribution in [0.3, 0.4) is 0 Å². The van der Waals surface area contributed by atoms with E-state index in [2.05, 4.69) is 0 Å². The predicted octanol–water partition coefficient (Wildman–Crippen LogP) is 4.68. The van der Waals surface area contributed by atoms with Crippen LogP contribution in [-0.4, -0.2) is 40.7 Å². The Morgan fingerprint density at radius 2 is 2.00 bits per heavy atom. The van der Waals surface area contributed by atoms with Crippen LogP contribution in [0.25, 0.3) is 0 Å². The minimum atomic E-state index is -0.673. The fourth-order valence-electron chi connectivity index (χ4n) is 2.62. The molecule has 24 heavy (non-hydrogen) atoms. The number of halogens is 1. The van der Waals surface area contributed by atoms with Crippen molar-refractivity contribution >= 4 is 17.9 Å². The first-order valence-corrected chi connectivity index (χ1v) is 9.12. The van der Waals surface area contributed by atoms with Gasteiger partial charge in [-0.2, -0.15) is 0 Å². The fraction of sp³-hybridized carbons (Fsp3) is 0.611. The molecule has 1 aromatic carbocycles. The van der Waals surface area contributed by atoms with Gasteiger partial charge < -0.3 is 9.47 Å². The van der Waals surface area contributed by atoms with E-state index in [-0.39, 0.29) is 18.0 Å². The topological polar surface area (TPSA) is 38.8 Å². The second-order valence-corrected chi connectivity index (χ2v) is 8.52. The van der Waals surface area contributed by atoms with E-state index in [0.29, 0.717) is 6.61 Å². The number of carbonyl (C=O) groups excluding carboxylic acids is 1. The number of nitrogens with zero attached hydrogens (tertiary/aromatic N) is 1. The third-order valence-electron chi connectivity index (χ3n) is 3.70. The summed E-state index contributed by atoms with van der Waals surface area (Å²) in [4.78, 5) is 15.2. The lowest BCUT2D eigenvalue weighted by molar-refractivity contribution is -0.0624. The van der Waals surface area contributed by atoms with Crippen molar-refractivity contribution in [2.24, 2.45) is 0 Å². The zero-order chi connectivity index (χ0) is 18.0. The summed E-state index contributed by atoms with van der Waals surface area (Å²) >= 11 is 1.64. The maximum absolute atomic E-state index is 12.9. The molecule has 1 amide bonds. The van der Waals surface area contributed by atoms with Gasteiger partial charge in [-0.3, -0.25) is 4.90 Å². The maximum Gasteiger partial charge on any atom is 0.412 e. The lowest BCUT2D eigenvalue weighted by atomic mass is 10.1. The molecule has 0 N–H and O–H groups in total. The number of amides is 1. The van der Waals surface area contributed by atoms with Crippen LogP contribution in [-0.2, 0) is 9.47 Å². The molecule has 0 spiro atoms. The van der Waals surface area contributed by atoms with E-state index < -0.39 is 11.3 Å². The standard InChI is InChI=1S/C18H26FNO3S/c1-17(2,3)23-16(21)20-14(12-22-18(20,4)5)10-11-24-15-8-6-13(19)7-9-15/h6-9,14H,10-12H2,1-5H3. The van der Waals surface area contributed by atoms with Gasteiger partial charge in [0, 0.05) is 10.6 Å². The molecule has 0 radical (unpaired) electrons. The van der Waals surface area contributed by atoms with E-state index in [1.807, 2.05) is 34.6 Å². The highest BCUT2D eigenvalue weighted by Crippen LogP contribution is 2.32. The summed E-state index contributed by atoms with van der Waals surface area (Å²) in [6.45, 7) is 9.82. The molecule has 6 heteroatoms. The number of ether oxygens (including phenoxy) is 2. The Kier molecular flexibility index (Phi) is 5.81. The van der Waals surface area contributed by atoms with Gasteiger partial charge in [0.15, 0.2) is 0 Å². The van der Waals surface area contributed by atoms with Crippen molar-refractivity contribution in [2.75, 3.05) is 12.4 Å². The van der Waals surface area contributed by atoms with Gasteiger partial charge in [-0.1, -0.05) is 0 Å². The summed E-state index contributed by atoms with van der Waals surface area (Å²) in [6.07, 6.45) is 0.437. The van der Waals surface area contributed by atoms with Crippen LogP contribution in [0, 0.1) is 5.82 Å². The molecular formula is C18H26FNO3S. The third kappa shape index (κ3) is 5.11. The molecule has 4 nitrogen and oxygen atoms in total. The molecule has 0 aliphatic carbocycles. The molecular weight excluding hydrogens is 329 g/mol. The zero-order valence-electron chi connectivity index (χ0n) is 15.0. The van der Waals surface area contributed by atoms with Gasteiger partial charge in [0.05, 0.1) is 12.6 Å². The van der Waals surface area contributed by atoms with Crippen LogP contribution >= 0.6 is 11.8 Å². The normalized spacial score (nSPS) is 20.2. The van der Waals surface area contributed by atoms with Gasteiger partial charge >= 0.3 is 6.09 Å². The Labute approximate surface area is 147 Å². The van der Waals surface area contributed by atoms with Crippen molar-refractivity contribution in [3.63, 3.8) is 0 Å². The molecule has 1 saturated heterocycles. The number of benzene rings is 1. The van der Waals surface area contributed by atoms with Crippen LogP contribution < -0.4 is 0 Å². The van der Waals surface area contributed by atoms with Gasteiger partial charge in [-0.15, -0.1) is 11.8 Å². The summed E-state index contributed by atoms with van der Waals surface area (Å²) in [6, 6.07) is 6.41. The molecule has 1 aliphatic rings. The van der Waals surface area contributed by atoms with Crippen LogP contribution in [0.4, 0.5) is 9.18 Å².